The number of nitrogens with one attached hydrogen (secondary N) is 1. The van der Waals surface area contributed by atoms with Crippen LogP contribution < -0.4 is 9.64 Å². The van der Waals surface area contributed by atoms with Gasteiger partial charge in [-0.2, -0.15) is 5.26 Å². The fourth-order valence-electron chi connectivity index (χ4n) is 4.29. The van der Waals surface area contributed by atoms with E-state index in [1.54, 1.807) is 31.2 Å². The largest absolute Gasteiger partial charge is 0.504 e. The number of fused-ring (bicyclic) bond motifs is 1. The summed E-state index contributed by atoms with van der Waals surface area (Å²) >= 11 is 1.35. The second kappa shape index (κ2) is 10.2. The Morgan fingerprint density at radius 3 is 2.60 bits per heavy atom. The summed E-state index contributed by atoms with van der Waals surface area (Å²) in [6.07, 6.45) is 5.66. The lowest BCUT2D eigenvalue weighted by Crippen LogP contribution is -2.26. The highest BCUT2D eigenvalue weighted by Gasteiger charge is 2.39. The third kappa shape index (κ3) is 4.45. The van der Waals surface area contributed by atoms with E-state index in [1.165, 1.54) is 29.4 Å². The number of ether oxygens (including phenoxy) is 2. The van der Waals surface area contributed by atoms with Crippen molar-refractivity contribution >= 4 is 33.9 Å². The Morgan fingerprint density at radius 2 is 1.94 bits per heavy atom. The van der Waals surface area contributed by atoms with E-state index >= 15 is 0 Å². The molecule has 35 heavy (non-hydrogen) atoms. The zero-order chi connectivity index (χ0) is 25.1. The van der Waals surface area contributed by atoms with Gasteiger partial charge in [0.15, 0.2) is 17.4 Å². The van der Waals surface area contributed by atoms with Crippen LogP contribution in [0.4, 0.5) is 5.00 Å². The first-order chi connectivity index (χ1) is 16.9. The number of anilines is 1. The molecule has 0 radical (unpaired) electrons. The summed E-state index contributed by atoms with van der Waals surface area (Å²) in [5.74, 6) is -1.12. The zero-order valence-electron chi connectivity index (χ0n) is 19.5. The van der Waals surface area contributed by atoms with Gasteiger partial charge in [-0.05, 0) is 62.4 Å². The van der Waals surface area contributed by atoms with Crippen molar-refractivity contribution in [2.45, 2.75) is 39.0 Å². The number of aryl methyl sites for hydroxylation is 1. The molecule has 0 spiro atoms. The number of methoxy groups -OCH3 is 1. The molecule has 0 saturated carbocycles. The molecule has 1 aliphatic heterocycles. The lowest BCUT2D eigenvalue weighted by Gasteiger charge is -2.20. The number of nitriles is 1. The van der Waals surface area contributed by atoms with Crippen LogP contribution in [0.3, 0.4) is 0 Å². The molecule has 2 heterocycles. The van der Waals surface area contributed by atoms with Crippen molar-refractivity contribution in [1.82, 2.24) is 0 Å². The van der Waals surface area contributed by atoms with Crippen LogP contribution in [0.2, 0.25) is 0 Å². The summed E-state index contributed by atoms with van der Waals surface area (Å²) < 4.78 is 10.5. The maximum atomic E-state index is 13.1. The Bertz CT molecular complexity index is 1300. The van der Waals surface area contributed by atoms with E-state index < -0.39 is 17.5 Å². The van der Waals surface area contributed by atoms with Gasteiger partial charge in [-0.25, -0.2) is 4.79 Å². The first-order valence-electron chi connectivity index (χ1n) is 11.4. The molecule has 0 atom stereocenters. The SMILES string of the molecule is CCOC(=O)c1c(N2C(=N)C(C#N)=C(O)/C2=C\C(=O)c2ccc(OC)cc2)sc2c1CCCCC2. The topological polar surface area (TPSA) is 124 Å². The minimum absolute atomic E-state index is 0.0191. The highest BCUT2D eigenvalue weighted by molar-refractivity contribution is 7.17. The van der Waals surface area contributed by atoms with E-state index in [0.29, 0.717) is 28.3 Å². The van der Waals surface area contributed by atoms with Crippen LogP contribution >= 0.6 is 11.3 Å². The number of benzene rings is 1. The quantitative estimate of drug-likeness (QED) is 0.249. The number of rotatable bonds is 6. The molecule has 1 aromatic carbocycles. The van der Waals surface area contributed by atoms with Gasteiger partial charge in [0, 0.05) is 16.5 Å². The van der Waals surface area contributed by atoms with Crippen LogP contribution in [0, 0.1) is 16.7 Å². The standard InChI is InChI=1S/C26H25N3O5S/c1-3-34-26(32)22-17-7-5-4-6-8-21(17)35-25(22)29-19(23(31)18(14-27)24(29)28)13-20(30)15-9-11-16(33-2)12-10-15/h9-13,28,31H,3-8H2,1-2H3/b19-13+,28-24?. The Balaban J connectivity index is 1.85. The van der Waals surface area contributed by atoms with Gasteiger partial charge >= 0.3 is 5.97 Å². The van der Waals surface area contributed by atoms with Crippen molar-refractivity contribution in [3.63, 3.8) is 0 Å². The van der Waals surface area contributed by atoms with Gasteiger partial charge in [-0.3, -0.25) is 15.1 Å². The number of hydrogen-bond acceptors (Lipinski definition) is 8. The van der Waals surface area contributed by atoms with Gasteiger partial charge in [-0.1, -0.05) is 6.42 Å². The van der Waals surface area contributed by atoms with Gasteiger partial charge in [0.25, 0.3) is 0 Å². The lowest BCUT2D eigenvalue weighted by molar-refractivity contribution is 0.0526. The first kappa shape index (κ1) is 24.2. The van der Waals surface area contributed by atoms with E-state index in [4.69, 9.17) is 14.9 Å². The maximum Gasteiger partial charge on any atom is 0.341 e. The summed E-state index contributed by atoms with van der Waals surface area (Å²) in [4.78, 5) is 28.5. The monoisotopic (exact) mass is 491 g/mol. The molecule has 1 aliphatic carbocycles. The van der Waals surface area contributed by atoms with Crippen molar-refractivity contribution in [3.05, 3.63) is 68.9 Å². The number of ketones is 1. The van der Waals surface area contributed by atoms with Crippen LogP contribution in [-0.4, -0.2) is 36.4 Å². The van der Waals surface area contributed by atoms with Gasteiger partial charge in [0.2, 0.25) is 0 Å². The Kier molecular flexibility index (Phi) is 7.03. The Hall–Kier alpha value is -3.90. The van der Waals surface area contributed by atoms with Gasteiger partial charge < -0.3 is 14.6 Å². The summed E-state index contributed by atoms with van der Waals surface area (Å²) in [6, 6.07) is 8.32. The van der Waals surface area contributed by atoms with Crippen LogP contribution in [-0.2, 0) is 17.6 Å². The van der Waals surface area contributed by atoms with Crippen LogP contribution in [0.25, 0.3) is 0 Å². The number of aliphatic hydroxyl groups excluding tert-OH is 1. The number of esters is 1. The molecule has 2 aromatic rings. The number of nitrogens with zero attached hydrogens (tertiary/aromatic N) is 2. The number of carbonyl (C=O) groups excluding carboxylic acids is 2. The summed E-state index contributed by atoms with van der Waals surface area (Å²) in [5, 5.41) is 29.5. The summed E-state index contributed by atoms with van der Waals surface area (Å²) in [7, 11) is 1.52. The number of aliphatic hydroxyl groups is 1. The molecule has 0 amide bonds. The average Bonchev–Trinajstić information content (AvgIpc) is 3.20. The number of allylic oxidation sites excluding steroid dienone is 1. The van der Waals surface area contributed by atoms with E-state index in [1.807, 2.05) is 6.07 Å². The number of hydrogen-bond donors (Lipinski definition) is 2. The normalized spacial score (nSPS) is 16.7. The highest BCUT2D eigenvalue weighted by atomic mass is 32.1. The first-order valence-corrected chi connectivity index (χ1v) is 12.2. The third-order valence-electron chi connectivity index (χ3n) is 6.02. The molecule has 8 nitrogen and oxygen atoms in total. The van der Waals surface area contributed by atoms with E-state index in [-0.39, 0.29) is 23.7 Å². The lowest BCUT2D eigenvalue weighted by atomic mass is 10.0. The van der Waals surface area contributed by atoms with Crippen molar-refractivity contribution in [3.8, 4) is 11.8 Å². The molecule has 0 saturated heterocycles. The summed E-state index contributed by atoms with van der Waals surface area (Å²) in [6.45, 7) is 1.91. The number of thiophene rings is 1. The second-order valence-electron chi connectivity index (χ2n) is 8.11. The van der Waals surface area contributed by atoms with Crippen LogP contribution in [0.15, 0.2) is 47.4 Å². The van der Waals surface area contributed by atoms with Crippen molar-refractivity contribution in [2.24, 2.45) is 0 Å². The van der Waals surface area contributed by atoms with Crippen molar-refractivity contribution in [2.75, 3.05) is 18.6 Å². The molecule has 0 fully saturated rings. The molecule has 0 unspecified atom stereocenters. The fraction of sp³-hybridized carbons (Fsp3) is 0.308. The molecule has 2 aliphatic rings. The Morgan fingerprint density at radius 1 is 1.23 bits per heavy atom. The van der Waals surface area contributed by atoms with E-state index in [9.17, 15) is 20.0 Å². The molecular formula is C26H25N3O5S. The van der Waals surface area contributed by atoms with Gasteiger partial charge in [0.1, 0.15) is 22.4 Å². The Labute approximate surface area is 207 Å². The smallest absolute Gasteiger partial charge is 0.341 e. The minimum Gasteiger partial charge on any atom is -0.504 e. The molecule has 9 heteroatoms. The molecule has 0 bridgehead atoms. The molecule has 2 N–H and O–H groups in total. The third-order valence-corrected chi connectivity index (χ3v) is 7.30. The molecule has 1 aromatic heterocycles. The van der Waals surface area contributed by atoms with E-state index in [2.05, 4.69) is 0 Å². The van der Waals surface area contributed by atoms with Crippen LogP contribution in [0.1, 0.15) is 57.3 Å². The number of carbonyl (C=O) groups is 2. The highest BCUT2D eigenvalue weighted by Crippen LogP contribution is 2.44. The molecular weight excluding hydrogens is 466 g/mol. The van der Waals surface area contributed by atoms with Crippen molar-refractivity contribution in [1.29, 1.82) is 10.7 Å². The van der Waals surface area contributed by atoms with Gasteiger partial charge in [-0.15, -0.1) is 11.3 Å². The average molecular weight is 492 g/mol. The predicted molar refractivity (Wildman–Crippen MR) is 132 cm³/mol. The van der Waals surface area contributed by atoms with Crippen LogP contribution in [0.5, 0.6) is 5.75 Å². The van der Waals surface area contributed by atoms with Gasteiger partial charge in [0.05, 0.1) is 25.0 Å². The minimum atomic E-state index is -0.513. The predicted octanol–water partition coefficient (Wildman–Crippen LogP) is 5.10. The number of amidine groups is 1. The summed E-state index contributed by atoms with van der Waals surface area (Å²) in [5.41, 5.74) is 1.29. The molecule has 4 rings (SSSR count). The van der Waals surface area contributed by atoms with E-state index in [0.717, 1.165) is 36.1 Å². The van der Waals surface area contributed by atoms with Crippen molar-refractivity contribution < 1.29 is 24.2 Å². The fourth-order valence-corrected chi connectivity index (χ4v) is 5.69. The zero-order valence-corrected chi connectivity index (χ0v) is 20.3. The molecule has 180 valence electrons. The maximum absolute atomic E-state index is 13.1. The second-order valence-corrected chi connectivity index (χ2v) is 9.19.